The first-order valence-electron chi connectivity index (χ1n) is 13.1. The molecule has 2 aromatic rings. The molecule has 0 aromatic heterocycles. The van der Waals surface area contributed by atoms with Gasteiger partial charge in [0.25, 0.3) is 5.91 Å². The number of hydrogen-bond donors (Lipinski definition) is 3. The molecule has 3 aliphatic rings. The van der Waals surface area contributed by atoms with Crippen molar-refractivity contribution in [2.24, 2.45) is 5.92 Å². The first-order valence-corrected chi connectivity index (χ1v) is 13.5. The van der Waals surface area contributed by atoms with Crippen molar-refractivity contribution in [2.45, 2.75) is 43.8 Å². The van der Waals surface area contributed by atoms with Crippen LogP contribution in [-0.4, -0.2) is 88.7 Å². The summed E-state index contributed by atoms with van der Waals surface area (Å²) in [7, 11) is 0. The molecule has 2 aromatic carbocycles. The molecular formula is C28H35ClN2O6. The van der Waals surface area contributed by atoms with E-state index in [1.807, 2.05) is 18.2 Å². The summed E-state index contributed by atoms with van der Waals surface area (Å²) < 4.78 is 12.2. The standard InChI is InChI=1S/C28H35ClN2O6/c29-21-3-6-25-20(12-21)14-28(37-25)7-10-30(11-8-28)16-23(34)18-36-26-13-22(33)4-5-24(26)27(35)31-9-1-2-19(15-31)17-32/h3-6,12-13,19,23,32-34H,1-2,7-11,14-18H2/t19?,23-/m1/s1. The Morgan fingerprint density at radius 2 is 2.00 bits per heavy atom. The first kappa shape index (κ1) is 26.1. The Balaban J connectivity index is 1.14. The minimum atomic E-state index is -0.756. The van der Waals surface area contributed by atoms with E-state index in [0.29, 0.717) is 25.2 Å². The molecule has 2 saturated heterocycles. The molecule has 200 valence electrons. The van der Waals surface area contributed by atoms with Gasteiger partial charge in [0.2, 0.25) is 0 Å². The fraction of sp³-hybridized carbons (Fsp3) is 0.536. The van der Waals surface area contributed by atoms with Gasteiger partial charge in [0.05, 0.1) is 5.56 Å². The highest BCUT2D eigenvalue weighted by molar-refractivity contribution is 6.30. The van der Waals surface area contributed by atoms with Crippen molar-refractivity contribution in [2.75, 3.05) is 45.9 Å². The zero-order valence-electron chi connectivity index (χ0n) is 20.9. The summed E-state index contributed by atoms with van der Waals surface area (Å²) in [5.41, 5.74) is 1.30. The topological polar surface area (TPSA) is 103 Å². The van der Waals surface area contributed by atoms with E-state index in [-0.39, 0.29) is 42.1 Å². The molecule has 1 unspecified atom stereocenters. The van der Waals surface area contributed by atoms with E-state index in [1.165, 1.54) is 12.1 Å². The third-order valence-electron chi connectivity index (χ3n) is 7.79. The van der Waals surface area contributed by atoms with Crippen LogP contribution in [0.2, 0.25) is 5.02 Å². The van der Waals surface area contributed by atoms with Crippen LogP contribution < -0.4 is 9.47 Å². The van der Waals surface area contributed by atoms with E-state index in [4.69, 9.17) is 21.1 Å². The number of hydrogen-bond acceptors (Lipinski definition) is 7. The number of aromatic hydroxyl groups is 1. The molecule has 5 rings (SSSR count). The Kier molecular flexibility index (Phi) is 7.81. The molecule has 3 N–H and O–H groups in total. The number of phenols is 1. The number of nitrogens with zero attached hydrogens (tertiary/aromatic N) is 2. The number of fused-ring (bicyclic) bond motifs is 1. The van der Waals surface area contributed by atoms with Gasteiger partial charge in [-0.1, -0.05) is 11.6 Å². The lowest BCUT2D eigenvalue weighted by molar-refractivity contribution is -0.00203. The molecule has 0 bridgehead atoms. The van der Waals surface area contributed by atoms with Crippen molar-refractivity contribution >= 4 is 17.5 Å². The van der Waals surface area contributed by atoms with Crippen molar-refractivity contribution < 1.29 is 29.6 Å². The van der Waals surface area contributed by atoms with Crippen LogP contribution in [0.1, 0.15) is 41.6 Å². The van der Waals surface area contributed by atoms with Crippen molar-refractivity contribution in [3.8, 4) is 17.2 Å². The zero-order chi connectivity index (χ0) is 26.0. The highest BCUT2D eigenvalue weighted by Gasteiger charge is 2.42. The van der Waals surface area contributed by atoms with Crippen LogP contribution in [0.15, 0.2) is 36.4 Å². The lowest BCUT2D eigenvalue weighted by Gasteiger charge is -2.39. The van der Waals surface area contributed by atoms with Crippen LogP contribution in [-0.2, 0) is 6.42 Å². The van der Waals surface area contributed by atoms with Gasteiger partial charge in [-0.15, -0.1) is 0 Å². The number of benzene rings is 2. The quantitative estimate of drug-likeness (QED) is 0.505. The SMILES string of the molecule is O=C(c1ccc(O)cc1OC[C@H](O)CN1CCC2(CC1)Cc1cc(Cl)ccc1O2)N1CCCC(CO)C1. The molecular weight excluding hydrogens is 496 g/mol. The van der Waals surface area contributed by atoms with Gasteiger partial charge in [0, 0.05) is 69.7 Å². The normalized spacial score (nSPS) is 21.9. The number of aliphatic hydroxyl groups is 2. The van der Waals surface area contributed by atoms with Gasteiger partial charge in [-0.3, -0.25) is 4.79 Å². The monoisotopic (exact) mass is 530 g/mol. The summed E-state index contributed by atoms with van der Waals surface area (Å²) in [6, 6.07) is 10.2. The van der Waals surface area contributed by atoms with Crippen LogP contribution in [0.4, 0.5) is 0 Å². The summed E-state index contributed by atoms with van der Waals surface area (Å²) in [6.07, 6.45) is 3.56. The number of likely N-dealkylation sites (tertiary alicyclic amines) is 2. The summed E-state index contributed by atoms with van der Waals surface area (Å²) in [4.78, 5) is 17.1. The second kappa shape index (κ2) is 11.1. The largest absolute Gasteiger partial charge is 0.508 e. The second-order valence-corrected chi connectivity index (χ2v) is 11.0. The molecule has 3 heterocycles. The van der Waals surface area contributed by atoms with Crippen molar-refractivity contribution in [1.82, 2.24) is 9.80 Å². The minimum Gasteiger partial charge on any atom is -0.508 e. The third-order valence-corrected chi connectivity index (χ3v) is 8.02. The van der Waals surface area contributed by atoms with Gasteiger partial charge in [0.15, 0.2) is 0 Å². The molecule has 0 saturated carbocycles. The van der Waals surface area contributed by atoms with Crippen molar-refractivity contribution in [3.05, 3.63) is 52.5 Å². The van der Waals surface area contributed by atoms with Gasteiger partial charge in [-0.2, -0.15) is 0 Å². The smallest absolute Gasteiger partial charge is 0.257 e. The number of rotatable bonds is 7. The Morgan fingerprint density at radius 3 is 2.78 bits per heavy atom. The van der Waals surface area contributed by atoms with Gasteiger partial charge in [0.1, 0.15) is 35.6 Å². The second-order valence-electron chi connectivity index (χ2n) is 10.6. The van der Waals surface area contributed by atoms with Crippen LogP contribution in [0.5, 0.6) is 17.2 Å². The summed E-state index contributed by atoms with van der Waals surface area (Å²) in [5.74, 6) is 1.05. The predicted octanol–water partition coefficient (Wildman–Crippen LogP) is 3.10. The maximum atomic E-state index is 13.2. The average Bonchev–Trinajstić information content (AvgIpc) is 3.25. The summed E-state index contributed by atoms with van der Waals surface area (Å²) in [6.45, 7) is 3.23. The van der Waals surface area contributed by atoms with Crippen LogP contribution >= 0.6 is 11.6 Å². The molecule has 3 aliphatic heterocycles. The molecule has 9 heteroatoms. The number of carbonyl (C=O) groups is 1. The molecule has 37 heavy (non-hydrogen) atoms. The maximum absolute atomic E-state index is 13.2. The van der Waals surface area contributed by atoms with E-state index < -0.39 is 6.10 Å². The summed E-state index contributed by atoms with van der Waals surface area (Å²) in [5, 5.41) is 30.9. The molecule has 2 atom stereocenters. The van der Waals surface area contributed by atoms with Crippen LogP contribution in [0.3, 0.4) is 0 Å². The first-order chi connectivity index (χ1) is 17.8. The van der Waals surface area contributed by atoms with E-state index in [1.54, 1.807) is 11.0 Å². The number of aliphatic hydroxyl groups excluding tert-OH is 2. The molecule has 0 aliphatic carbocycles. The number of β-amino-alcohol motifs (C(OH)–C–C–N with tert-alkyl or cyclic N) is 1. The molecule has 1 spiro atoms. The Morgan fingerprint density at radius 1 is 1.19 bits per heavy atom. The minimum absolute atomic E-state index is 0.00504. The van der Waals surface area contributed by atoms with Crippen LogP contribution in [0.25, 0.3) is 0 Å². The predicted molar refractivity (Wildman–Crippen MR) is 140 cm³/mol. The number of phenolic OH excluding ortho intramolecular Hbond substituents is 1. The molecule has 8 nitrogen and oxygen atoms in total. The number of carbonyl (C=O) groups excluding carboxylic acids is 1. The molecule has 0 radical (unpaired) electrons. The summed E-state index contributed by atoms with van der Waals surface area (Å²) >= 11 is 6.14. The van der Waals surface area contributed by atoms with E-state index >= 15 is 0 Å². The Bertz CT molecular complexity index is 1120. The highest BCUT2D eigenvalue weighted by Crippen LogP contribution is 2.42. The number of piperidine rings is 2. The number of halogens is 1. The van der Waals surface area contributed by atoms with Gasteiger partial charge < -0.3 is 34.6 Å². The average molecular weight is 531 g/mol. The van der Waals surface area contributed by atoms with E-state index in [2.05, 4.69) is 4.90 Å². The fourth-order valence-electron chi connectivity index (χ4n) is 5.74. The van der Waals surface area contributed by atoms with Crippen molar-refractivity contribution in [1.29, 1.82) is 0 Å². The van der Waals surface area contributed by atoms with Crippen molar-refractivity contribution in [3.63, 3.8) is 0 Å². The number of ether oxygens (including phenoxy) is 2. The lowest BCUT2D eigenvalue weighted by Crippen LogP contribution is -2.49. The fourth-order valence-corrected chi connectivity index (χ4v) is 5.93. The van der Waals surface area contributed by atoms with Gasteiger partial charge in [-0.05, 0) is 54.7 Å². The third kappa shape index (κ3) is 5.98. The molecule has 1 amide bonds. The number of amides is 1. The lowest BCUT2D eigenvalue weighted by atomic mass is 9.87. The molecule has 2 fully saturated rings. The van der Waals surface area contributed by atoms with E-state index in [0.717, 1.165) is 61.5 Å². The zero-order valence-corrected chi connectivity index (χ0v) is 21.7. The van der Waals surface area contributed by atoms with Gasteiger partial charge in [-0.25, -0.2) is 0 Å². The Hall–Kier alpha value is -2.52. The maximum Gasteiger partial charge on any atom is 0.257 e. The van der Waals surface area contributed by atoms with Gasteiger partial charge >= 0.3 is 0 Å². The highest BCUT2D eigenvalue weighted by atomic mass is 35.5. The van der Waals surface area contributed by atoms with E-state index in [9.17, 15) is 20.1 Å². The van der Waals surface area contributed by atoms with Crippen LogP contribution in [0, 0.1) is 5.92 Å². The Labute approximate surface area is 222 Å².